The van der Waals surface area contributed by atoms with Crippen LogP contribution in [0, 0.1) is 17.0 Å². The van der Waals surface area contributed by atoms with E-state index in [4.69, 9.17) is 4.74 Å². The minimum atomic E-state index is -0.426. The van der Waals surface area contributed by atoms with E-state index in [1.54, 1.807) is 12.1 Å². The van der Waals surface area contributed by atoms with E-state index in [9.17, 15) is 14.9 Å². The van der Waals surface area contributed by atoms with Crippen molar-refractivity contribution in [2.45, 2.75) is 25.6 Å². The highest BCUT2D eigenvalue weighted by molar-refractivity contribution is 7.99. The number of nitrogens with zero attached hydrogens (tertiary/aromatic N) is 1. The Hall–Kier alpha value is -2.54. The number of hydrogen-bond acceptors (Lipinski definition) is 5. The van der Waals surface area contributed by atoms with Crippen molar-refractivity contribution in [2.75, 3.05) is 12.4 Å². The molecule has 2 rings (SSSR count). The van der Waals surface area contributed by atoms with E-state index in [-0.39, 0.29) is 17.6 Å². The molecule has 0 aliphatic rings. The van der Waals surface area contributed by atoms with Gasteiger partial charge >= 0.3 is 0 Å². The molecule has 0 saturated carbocycles. The molecule has 0 heterocycles. The summed E-state index contributed by atoms with van der Waals surface area (Å²) in [6, 6.07) is 14.0. The fourth-order valence-electron chi connectivity index (χ4n) is 2.19. The summed E-state index contributed by atoms with van der Waals surface area (Å²) in [7, 11) is 0. The van der Waals surface area contributed by atoms with E-state index >= 15 is 0 Å². The summed E-state index contributed by atoms with van der Waals surface area (Å²) in [6.07, 6.45) is 0. The van der Waals surface area contributed by atoms with Gasteiger partial charge in [0.15, 0.2) is 0 Å². The van der Waals surface area contributed by atoms with Crippen LogP contribution in [0.2, 0.25) is 0 Å². The van der Waals surface area contributed by atoms with E-state index in [1.807, 2.05) is 38.1 Å². The van der Waals surface area contributed by atoms with E-state index in [1.165, 1.54) is 29.5 Å². The number of amides is 1. The lowest BCUT2D eigenvalue weighted by Crippen LogP contribution is -2.37. The van der Waals surface area contributed by atoms with Crippen molar-refractivity contribution in [3.63, 3.8) is 0 Å². The summed E-state index contributed by atoms with van der Waals surface area (Å²) in [4.78, 5) is 22.2. The zero-order valence-corrected chi connectivity index (χ0v) is 15.6. The molecular formula is C19H22N2O4S. The Balaban J connectivity index is 1.66. The minimum absolute atomic E-state index is 0.0584. The minimum Gasteiger partial charge on any atom is -0.491 e. The first-order chi connectivity index (χ1) is 12.4. The van der Waals surface area contributed by atoms with Crippen LogP contribution < -0.4 is 10.1 Å². The second kappa shape index (κ2) is 9.82. The van der Waals surface area contributed by atoms with Crippen molar-refractivity contribution >= 4 is 23.4 Å². The zero-order chi connectivity index (χ0) is 18.9. The number of ether oxygens (including phenoxy) is 1. The third kappa shape index (κ3) is 6.76. The largest absolute Gasteiger partial charge is 0.491 e. The van der Waals surface area contributed by atoms with E-state index in [0.29, 0.717) is 18.1 Å². The molecular weight excluding hydrogens is 352 g/mol. The van der Waals surface area contributed by atoms with Crippen LogP contribution in [0.3, 0.4) is 0 Å². The first kappa shape index (κ1) is 19.8. The molecule has 0 aliphatic heterocycles. The number of rotatable bonds is 9. The van der Waals surface area contributed by atoms with Gasteiger partial charge in [0.05, 0.1) is 16.7 Å². The van der Waals surface area contributed by atoms with Crippen molar-refractivity contribution < 1.29 is 14.5 Å². The molecule has 138 valence electrons. The maximum atomic E-state index is 12.0. The Bertz CT molecular complexity index is 732. The fourth-order valence-corrected chi connectivity index (χ4v) is 2.99. The summed E-state index contributed by atoms with van der Waals surface area (Å²) in [5, 5.41) is 13.5. The molecule has 1 atom stereocenters. The Labute approximate surface area is 157 Å². The predicted octanol–water partition coefficient (Wildman–Crippen LogP) is 3.72. The lowest BCUT2D eigenvalue weighted by Gasteiger charge is -2.15. The molecule has 0 fully saturated rings. The number of aryl methyl sites for hydroxylation is 1. The monoisotopic (exact) mass is 374 g/mol. The maximum Gasteiger partial charge on any atom is 0.269 e. The first-order valence-electron chi connectivity index (χ1n) is 8.24. The molecule has 0 bridgehead atoms. The van der Waals surface area contributed by atoms with Crippen molar-refractivity contribution in [1.82, 2.24) is 5.32 Å². The molecule has 2 aromatic carbocycles. The van der Waals surface area contributed by atoms with Crippen LogP contribution in [0.15, 0.2) is 48.5 Å². The summed E-state index contributed by atoms with van der Waals surface area (Å²) >= 11 is 1.46. The Morgan fingerprint density at radius 2 is 1.85 bits per heavy atom. The number of nitrogens with one attached hydrogen (secondary N) is 1. The van der Waals surface area contributed by atoms with Gasteiger partial charge in [0.1, 0.15) is 12.4 Å². The Morgan fingerprint density at radius 1 is 1.19 bits per heavy atom. The second-order valence-electron chi connectivity index (χ2n) is 6.01. The molecule has 0 aliphatic carbocycles. The highest BCUT2D eigenvalue weighted by atomic mass is 32.2. The number of benzene rings is 2. The van der Waals surface area contributed by atoms with Gasteiger partial charge in [-0.2, -0.15) is 0 Å². The SMILES string of the molecule is Cc1ccc(OC[C@H](C)NC(=O)CSCc2ccc([N+](=O)[O-])cc2)cc1. The Kier molecular flexibility index (Phi) is 7.47. The smallest absolute Gasteiger partial charge is 0.269 e. The van der Waals surface area contributed by atoms with Crippen molar-refractivity contribution in [2.24, 2.45) is 0 Å². The molecule has 2 aromatic rings. The fraction of sp³-hybridized carbons (Fsp3) is 0.316. The number of non-ortho nitro benzene ring substituents is 1. The molecule has 7 heteroatoms. The molecule has 1 amide bonds. The summed E-state index contributed by atoms with van der Waals surface area (Å²) in [6.45, 7) is 4.32. The van der Waals surface area contributed by atoms with Crippen LogP contribution in [0.5, 0.6) is 5.75 Å². The molecule has 0 aromatic heterocycles. The van der Waals surface area contributed by atoms with Crippen LogP contribution in [-0.2, 0) is 10.5 Å². The van der Waals surface area contributed by atoms with E-state index in [0.717, 1.165) is 11.3 Å². The van der Waals surface area contributed by atoms with Gasteiger partial charge in [-0.25, -0.2) is 0 Å². The van der Waals surface area contributed by atoms with Gasteiger partial charge in [-0.05, 0) is 31.5 Å². The van der Waals surface area contributed by atoms with Crippen molar-refractivity contribution in [3.8, 4) is 5.75 Å². The van der Waals surface area contributed by atoms with Crippen molar-refractivity contribution in [3.05, 3.63) is 69.8 Å². The van der Waals surface area contributed by atoms with Gasteiger partial charge in [-0.1, -0.05) is 29.8 Å². The number of carbonyl (C=O) groups is 1. The molecule has 6 nitrogen and oxygen atoms in total. The second-order valence-corrected chi connectivity index (χ2v) is 6.99. The number of thioether (sulfide) groups is 1. The van der Waals surface area contributed by atoms with Crippen LogP contribution in [-0.4, -0.2) is 29.2 Å². The standard InChI is InChI=1S/C19H22N2O4S/c1-14-3-9-18(10-4-14)25-11-15(2)20-19(22)13-26-12-16-5-7-17(8-6-16)21(23)24/h3-10,15H,11-13H2,1-2H3,(H,20,22)/t15-/m0/s1. The molecule has 0 saturated heterocycles. The molecule has 0 unspecified atom stereocenters. The van der Waals surface area contributed by atoms with Crippen molar-refractivity contribution in [1.29, 1.82) is 0 Å². The molecule has 0 radical (unpaired) electrons. The van der Waals surface area contributed by atoms with Crippen LogP contribution in [0.4, 0.5) is 5.69 Å². The lowest BCUT2D eigenvalue weighted by molar-refractivity contribution is -0.384. The number of carbonyl (C=O) groups excluding carboxylic acids is 1. The maximum absolute atomic E-state index is 12.0. The zero-order valence-electron chi connectivity index (χ0n) is 14.8. The van der Waals surface area contributed by atoms with E-state index in [2.05, 4.69) is 5.32 Å². The topological polar surface area (TPSA) is 81.5 Å². The third-order valence-electron chi connectivity index (χ3n) is 3.58. The summed E-state index contributed by atoms with van der Waals surface area (Å²) in [5.41, 5.74) is 2.19. The van der Waals surface area contributed by atoms with Gasteiger partial charge in [0, 0.05) is 17.9 Å². The van der Waals surface area contributed by atoms with Gasteiger partial charge in [0.25, 0.3) is 5.69 Å². The number of hydrogen-bond donors (Lipinski definition) is 1. The lowest BCUT2D eigenvalue weighted by atomic mass is 10.2. The highest BCUT2D eigenvalue weighted by Gasteiger charge is 2.09. The predicted molar refractivity (Wildman–Crippen MR) is 104 cm³/mol. The Morgan fingerprint density at radius 3 is 2.46 bits per heavy atom. The highest BCUT2D eigenvalue weighted by Crippen LogP contribution is 2.16. The third-order valence-corrected chi connectivity index (χ3v) is 4.58. The normalized spacial score (nSPS) is 11.6. The number of nitro groups is 1. The summed E-state index contributed by atoms with van der Waals surface area (Å²) in [5.74, 6) is 1.67. The first-order valence-corrected chi connectivity index (χ1v) is 9.39. The number of nitro benzene ring substituents is 1. The van der Waals surface area contributed by atoms with Crippen LogP contribution in [0.1, 0.15) is 18.1 Å². The van der Waals surface area contributed by atoms with Gasteiger partial charge in [-0.15, -0.1) is 11.8 Å². The molecule has 26 heavy (non-hydrogen) atoms. The van der Waals surface area contributed by atoms with Gasteiger partial charge < -0.3 is 10.1 Å². The molecule has 1 N–H and O–H groups in total. The molecule has 0 spiro atoms. The van der Waals surface area contributed by atoms with Crippen LogP contribution in [0.25, 0.3) is 0 Å². The van der Waals surface area contributed by atoms with Crippen LogP contribution >= 0.6 is 11.8 Å². The quantitative estimate of drug-likeness (QED) is 0.534. The van der Waals surface area contributed by atoms with E-state index < -0.39 is 4.92 Å². The van der Waals surface area contributed by atoms with Gasteiger partial charge in [-0.3, -0.25) is 14.9 Å². The van der Waals surface area contributed by atoms with Gasteiger partial charge in [0.2, 0.25) is 5.91 Å². The average Bonchev–Trinajstić information content (AvgIpc) is 2.61. The average molecular weight is 374 g/mol. The summed E-state index contributed by atoms with van der Waals surface area (Å²) < 4.78 is 5.65.